The number of aryl methyl sites for hydroxylation is 1. The van der Waals surface area contributed by atoms with Gasteiger partial charge in [-0.1, -0.05) is 59.9 Å². The molecule has 1 N–H and O–H groups in total. The van der Waals surface area contributed by atoms with Crippen molar-refractivity contribution < 1.29 is 17.9 Å². The Labute approximate surface area is 269 Å². The summed E-state index contributed by atoms with van der Waals surface area (Å²) in [5, 5.41) is 22.3. The van der Waals surface area contributed by atoms with Crippen LogP contribution < -0.4 is 9.46 Å². The maximum atomic E-state index is 13.9. The van der Waals surface area contributed by atoms with Crippen LogP contribution in [0.5, 0.6) is 5.75 Å². The Hall–Kier alpha value is -5.53. The predicted molar refractivity (Wildman–Crippen MR) is 177 cm³/mol. The van der Waals surface area contributed by atoms with E-state index in [4.69, 9.17) is 9.84 Å². The first-order valence-corrected chi connectivity index (χ1v) is 16.5. The average molecular weight is 650 g/mol. The summed E-state index contributed by atoms with van der Waals surface area (Å²) in [6.07, 6.45) is 0. The molecule has 2 heterocycles. The van der Waals surface area contributed by atoms with Crippen LogP contribution in [0.4, 0.5) is 16.5 Å². The van der Waals surface area contributed by atoms with Crippen LogP contribution in [0.1, 0.15) is 22.3 Å². The summed E-state index contributed by atoms with van der Waals surface area (Å²) in [5.41, 5.74) is 3.52. The Kier molecular flexibility index (Phi) is 8.76. The minimum absolute atomic E-state index is 0.0284. The number of carbonyl (C=O) groups excluding carboxylic acids is 1. The number of hydrogen-bond acceptors (Lipinski definition) is 10. The molecule has 0 spiro atoms. The second-order valence-corrected chi connectivity index (χ2v) is 12.7. The van der Waals surface area contributed by atoms with E-state index in [1.54, 1.807) is 43.3 Å². The van der Waals surface area contributed by atoms with E-state index in [9.17, 15) is 13.2 Å². The Morgan fingerprint density at radius 3 is 2.15 bits per heavy atom. The molecule has 0 aliphatic rings. The van der Waals surface area contributed by atoms with Gasteiger partial charge in [-0.3, -0.25) is 9.52 Å². The Morgan fingerprint density at radius 1 is 0.848 bits per heavy atom. The molecule has 0 amide bonds. The number of carbonyl (C=O) groups is 1. The molecule has 6 rings (SSSR count). The van der Waals surface area contributed by atoms with Gasteiger partial charge in [0.25, 0.3) is 15.9 Å². The molecule has 0 bridgehead atoms. The third-order valence-electron chi connectivity index (χ3n) is 6.72. The number of nitrogens with one attached hydrogen (secondary N) is 1. The average Bonchev–Trinajstić information content (AvgIpc) is 3.67. The van der Waals surface area contributed by atoms with Crippen LogP contribution in [0.15, 0.2) is 124 Å². The molecule has 4 aromatic carbocycles. The number of rotatable bonds is 10. The summed E-state index contributed by atoms with van der Waals surface area (Å²) in [5.74, 6) is 0.365. The van der Waals surface area contributed by atoms with Crippen molar-refractivity contribution in [3.8, 4) is 28.3 Å². The van der Waals surface area contributed by atoms with Gasteiger partial charge in [-0.15, -0.1) is 15.3 Å². The zero-order valence-corrected chi connectivity index (χ0v) is 26.4. The van der Waals surface area contributed by atoms with Gasteiger partial charge >= 0.3 is 0 Å². The van der Waals surface area contributed by atoms with Crippen LogP contribution in [0.2, 0.25) is 0 Å². The molecule has 11 nitrogen and oxygen atoms in total. The molecule has 0 radical (unpaired) electrons. The third kappa shape index (κ3) is 6.60. The highest BCUT2D eigenvalue weighted by Crippen LogP contribution is 2.41. The van der Waals surface area contributed by atoms with Crippen LogP contribution in [0, 0.1) is 6.92 Å². The summed E-state index contributed by atoms with van der Waals surface area (Å²) in [7, 11) is -3.89. The normalized spacial score (nSPS) is 11.5. The molecule has 0 aliphatic carbocycles. The molecule has 0 fully saturated rings. The minimum atomic E-state index is -3.89. The minimum Gasteiger partial charge on any atom is -0.494 e. The van der Waals surface area contributed by atoms with Crippen molar-refractivity contribution in [2.24, 2.45) is 10.2 Å². The first-order valence-electron chi connectivity index (χ1n) is 14.2. The summed E-state index contributed by atoms with van der Waals surface area (Å²) in [6, 6.07) is 31.6. The molecular weight excluding hydrogens is 623 g/mol. The van der Waals surface area contributed by atoms with Gasteiger partial charge in [0, 0.05) is 16.7 Å². The van der Waals surface area contributed by atoms with E-state index in [2.05, 4.69) is 25.1 Å². The van der Waals surface area contributed by atoms with Crippen LogP contribution in [-0.2, 0) is 10.0 Å². The van der Waals surface area contributed by atoms with E-state index in [1.807, 2.05) is 67.6 Å². The lowest BCUT2D eigenvalue weighted by molar-refractivity contribution is 0.0947. The first kappa shape index (κ1) is 30.5. The summed E-state index contributed by atoms with van der Waals surface area (Å²) >= 11 is 1.14. The highest BCUT2D eigenvalue weighted by molar-refractivity contribution is 7.93. The summed E-state index contributed by atoms with van der Waals surface area (Å²) in [6.45, 7) is 4.17. The molecule has 0 saturated carbocycles. The maximum Gasteiger partial charge on any atom is 0.278 e. The van der Waals surface area contributed by atoms with Crippen LogP contribution in [0.3, 0.4) is 0 Å². The molecule has 230 valence electrons. The predicted octanol–water partition coefficient (Wildman–Crippen LogP) is 7.68. The number of hydrogen-bond donors (Lipinski definition) is 1. The lowest BCUT2D eigenvalue weighted by atomic mass is 10.1. The molecule has 2 aromatic heterocycles. The van der Waals surface area contributed by atoms with Crippen molar-refractivity contribution in [3.63, 3.8) is 0 Å². The zero-order valence-electron chi connectivity index (χ0n) is 24.7. The van der Waals surface area contributed by atoms with Gasteiger partial charge in [0.05, 0.1) is 17.2 Å². The van der Waals surface area contributed by atoms with Gasteiger partial charge in [0.15, 0.2) is 0 Å². The number of azo groups is 1. The highest BCUT2D eigenvalue weighted by atomic mass is 32.2. The van der Waals surface area contributed by atoms with E-state index in [0.29, 0.717) is 56.8 Å². The van der Waals surface area contributed by atoms with Crippen molar-refractivity contribution in [3.05, 3.63) is 120 Å². The largest absolute Gasteiger partial charge is 0.494 e. The van der Waals surface area contributed by atoms with E-state index < -0.39 is 10.0 Å². The van der Waals surface area contributed by atoms with Crippen molar-refractivity contribution in [2.45, 2.75) is 18.7 Å². The van der Waals surface area contributed by atoms with Gasteiger partial charge in [-0.05, 0) is 74.5 Å². The molecule has 0 atom stereocenters. The number of benzene rings is 4. The Morgan fingerprint density at radius 2 is 1.52 bits per heavy atom. The molecule has 0 saturated heterocycles. The van der Waals surface area contributed by atoms with Crippen LogP contribution >= 0.6 is 11.3 Å². The fourth-order valence-corrected chi connectivity index (χ4v) is 6.41. The third-order valence-corrected chi connectivity index (χ3v) is 8.96. The van der Waals surface area contributed by atoms with E-state index in [-0.39, 0.29) is 15.9 Å². The lowest BCUT2D eigenvalue weighted by Crippen LogP contribution is -2.15. The molecule has 46 heavy (non-hydrogen) atoms. The Balaban J connectivity index is 1.43. The molecule has 0 unspecified atom stereocenters. The standard InChI is InChI=1S/C33H27N7O4S2/c1-3-44-27-18-14-23(15-19-27)29-30(31(24-10-6-4-7-11-24)40(38-29)32(41)25-12-8-5-9-13-25)36-35-26-16-20-28(21-17-26)46(42,43)39-33-37-34-22(2)45-33/h4-21H,3H2,1-2H3,(H,37,39). The second-order valence-electron chi connectivity index (χ2n) is 9.88. The maximum absolute atomic E-state index is 13.9. The van der Waals surface area contributed by atoms with Crippen molar-refractivity contribution in [1.82, 2.24) is 20.0 Å². The SMILES string of the molecule is CCOc1ccc(-c2nn(C(=O)c3ccccc3)c(-c3ccccc3)c2N=Nc2ccc(S(=O)(=O)Nc3nnc(C)s3)cc2)cc1. The van der Waals surface area contributed by atoms with Gasteiger partial charge < -0.3 is 4.74 Å². The fraction of sp³-hybridized carbons (Fsp3) is 0.0909. The Bertz CT molecular complexity index is 2110. The van der Waals surface area contributed by atoms with Gasteiger partial charge in [-0.2, -0.15) is 14.9 Å². The first-order chi connectivity index (χ1) is 22.3. The summed E-state index contributed by atoms with van der Waals surface area (Å²) < 4.78 is 35.2. The number of anilines is 1. The number of nitrogens with zero attached hydrogens (tertiary/aromatic N) is 6. The molecule has 6 aromatic rings. The van der Waals surface area contributed by atoms with Crippen molar-refractivity contribution in [2.75, 3.05) is 11.3 Å². The smallest absolute Gasteiger partial charge is 0.278 e. The number of ether oxygens (including phenoxy) is 1. The molecular formula is C33H27N7O4S2. The second kappa shape index (κ2) is 13.2. The monoisotopic (exact) mass is 649 g/mol. The van der Waals surface area contributed by atoms with Crippen LogP contribution in [0.25, 0.3) is 22.5 Å². The van der Waals surface area contributed by atoms with Crippen LogP contribution in [-0.4, -0.2) is 40.9 Å². The van der Waals surface area contributed by atoms with Gasteiger partial charge in [0.2, 0.25) is 5.13 Å². The van der Waals surface area contributed by atoms with Gasteiger partial charge in [0.1, 0.15) is 27.8 Å². The summed E-state index contributed by atoms with van der Waals surface area (Å²) in [4.78, 5) is 13.9. The van der Waals surface area contributed by atoms with Crippen molar-refractivity contribution >= 4 is 43.8 Å². The quantitative estimate of drug-likeness (QED) is 0.150. The van der Waals surface area contributed by atoms with E-state index in [1.165, 1.54) is 16.8 Å². The zero-order chi connectivity index (χ0) is 32.1. The number of sulfonamides is 1. The number of aromatic nitrogens is 4. The van der Waals surface area contributed by atoms with E-state index in [0.717, 1.165) is 11.3 Å². The van der Waals surface area contributed by atoms with E-state index >= 15 is 0 Å². The topological polar surface area (TPSA) is 141 Å². The highest BCUT2D eigenvalue weighted by Gasteiger charge is 2.25. The van der Waals surface area contributed by atoms with Gasteiger partial charge in [-0.25, -0.2) is 8.42 Å². The molecule has 0 aliphatic heterocycles. The van der Waals surface area contributed by atoms with Crippen molar-refractivity contribution in [1.29, 1.82) is 0 Å². The lowest BCUT2D eigenvalue weighted by Gasteiger charge is -2.07. The molecule has 13 heteroatoms. The fourth-order valence-electron chi connectivity index (χ4n) is 4.59.